The quantitative estimate of drug-likeness (QED) is 0.225. The van der Waals surface area contributed by atoms with Gasteiger partial charge < -0.3 is 19.7 Å². The van der Waals surface area contributed by atoms with E-state index in [2.05, 4.69) is 15.4 Å². The number of sulfonamides is 1. The number of halogens is 3. The van der Waals surface area contributed by atoms with Gasteiger partial charge in [0, 0.05) is 35.1 Å². The van der Waals surface area contributed by atoms with Crippen LogP contribution in [-0.2, 0) is 35.6 Å². The summed E-state index contributed by atoms with van der Waals surface area (Å²) in [6.45, 7) is 3.34. The predicted octanol–water partition coefficient (Wildman–Crippen LogP) is 6.48. The van der Waals surface area contributed by atoms with E-state index in [9.17, 15) is 40.8 Å². The number of alkyl carbamates (subject to hydrolysis) is 1. The molecular weight excluding hydrogens is 804 g/mol. The maximum Gasteiger partial charge on any atom is 0.428 e. The molecule has 4 fully saturated rings. The summed E-state index contributed by atoms with van der Waals surface area (Å²) in [6.07, 6.45) is 3.53. The summed E-state index contributed by atoms with van der Waals surface area (Å²) >= 11 is 0. The Morgan fingerprint density at radius 2 is 1.77 bits per heavy atom. The van der Waals surface area contributed by atoms with Crippen molar-refractivity contribution in [2.45, 2.75) is 150 Å². The van der Waals surface area contributed by atoms with Crippen LogP contribution >= 0.6 is 0 Å². The normalized spacial score (nSPS) is 29.6. The molecule has 3 aliphatic carbocycles. The summed E-state index contributed by atoms with van der Waals surface area (Å²) < 4.78 is 82.0. The Morgan fingerprint density at radius 1 is 1.02 bits per heavy atom. The third-order valence-corrected chi connectivity index (χ3v) is 16.0. The number of fused-ring (bicyclic) bond motifs is 5. The highest BCUT2D eigenvalue weighted by atomic mass is 32.2. The number of rotatable bonds is 5. The van der Waals surface area contributed by atoms with Crippen LogP contribution in [0.15, 0.2) is 48.2 Å². The second-order valence-corrected chi connectivity index (χ2v) is 20.1. The number of carbonyl (C=O) groups is 4. The second kappa shape index (κ2) is 15.4. The SMILES string of the molecule is Cc1nc2ccccc2c2c1OC1(CC2)CC2C(=O)NC3(C(=O)NS(=O)(=O)C4(C)CC4)CCC3C=CCCCCC/C(=C\NC(=O)OC3(C(F)(F)F)CCCC3)C(=O)N2C1. The maximum absolute atomic E-state index is 14.8. The Kier molecular flexibility index (Phi) is 10.8. The number of aromatic nitrogens is 1. The number of hydrogen-bond acceptors (Lipinski definition) is 9. The van der Waals surface area contributed by atoms with Crippen molar-refractivity contribution in [1.82, 2.24) is 25.2 Å². The molecule has 3 N–H and O–H groups in total. The highest BCUT2D eigenvalue weighted by molar-refractivity contribution is 7.91. The number of benzene rings is 1. The average Bonchev–Trinajstić information content (AvgIpc) is 3.60. The maximum atomic E-state index is 14.8. The van der Waals surface area contributed by atoms with Crippen molar-refractivity contribution in [1.29, 1.82) is 0 Å². The Morgan fingerprint density at radius 3 is 2.47 bits per heavy atom. The number of para-hydroxylation sites is 1. The molecule has 324 valence electrons. The van der Waals surface area contributed by atoms with Gasteiger partial charge >= 0.3 is 12.3 Å². The van der Waals surface area contributed by atoms with Crippen LogP contribution in [0.4, 0.5) is 18.0 Å². The fourth-order valence-corrected chi connectivity index (χ4v) is 11.0. The molecule has 4 atom stereocenters. The number of carbonyl (C=O) groups excluding carboxylic acids is 4. The Balaban J connectivity index is 1.14. The van der Waals surface area contributed by atoms with Crippen LogP contribution < -0.4 is 20.1 Å². The molecule has 1 spiro atoms. The van der Waals surface area contributed by atoms with Gasteiger partial charge in [-0.2, -0.15) is 13.2 Å². The molecule has 17 heteroatoms. The fraction of sp³-hybridized carbons (Fsp3) is 0.605. The Bertz CT molecular complexity index is 2270. The first kappa shape index (κ1) is 42.0. The van der Waals surface area contributed by atoms with Gasteiger partial charge in [-0.1, -0.05) is 36.8 Å². The van der Waals surface area contributed by atoms with Crippen molar-refractivity contribution < 1.29 is 50.2 Å². The molecule has 4 unspecified atom stereocenters. The van der Waals surface area contributed by atoms with Gasteiger partial charge in [0.25, 0.3) is 11.8 Å². The van der Waals surface area contributed by atoms with Crippen molar-refractivity contribution >= 4 is 44.7 Å². The van der Waals surface area contributed by atoms with E-state index in [1.807, 2.05) is 43.3 Å². The minimum Gasteiger partial charge on any atom is -0.483 e. The summed E-state index contributed by atoms with van der Waals surface area (Å²) in [6, 6.07) is 6.49. The molecule has 8 rings (SSSR count). The number of hydrogen-bond donors (Lipinski definition) is 3. The molecule has 4 heterocycles. The van der Waals surface area contributed by atoms with E-state index < -0.39 is 73.5 Å². The zero-order chi connectivity index (χ0) is 42.7. The zero-order valence-electron chi connectivity index (χ0n) is 33.9. The van der Waals surface area contributed by atoms with Gasteiger partial charge in [-0.15, -0.1) is 0 Å². The van der Waals surface area contributed by atoms with Gasteiger partial charge in [0.05, 0.1) is 22.5 Å². The molecule has 1 aromatic heterocycles. The molecule has 1 aromatic carbocycles. The van der Waals surface area contributed by atoms with Crippen LogP contribution in [0.5, 0.6) is 5.75 Å². The molecule has 4 amide bonds. The summed E-state index contributed by atoms with van der Waals surface area (Å²) in [5.74, 6) is -2.11. The molecular formula is C43H52F3N5O8S. The van der Waals surface area contributed by atoms with Crippen LogP contribution in [0.1, 0.15) is 114 Å². The van der Waals surface area contributed by atoms with Gasteiger partial charge in [0.1, 0.15) is 22.9 Å². The van der Waals surface area contributed by atoms with E-state index in [1.54, 1.807) is 6.92 Å². The second-order valence-electron chi connectivity index (χ2n) is 17.9. The minimum absolute atomic E-state index is 0.0156. The number of nitrogens with one attached hydrogen (secondary N) is 3. The number of alkyl halides is 3. The summed E-state index contributed by atoms with van der Waals surface area (Å²) in [5.41, 5.74) is -2.87. The minimum atomic E-state index is -4.78. The number of nitrogens with zero attached hydrogens (tertiary/aromatic N) is 2. The van der Waals surface area contributed by atoms with Crippen molar-refractivity contribution in [2.24, 2.45) is 5.92 Å². The topological polar surface area (TPSA) is 173 Å². The van der Waals surface area contributed by atoms with Crippen molar-refractivity contribution in [2.75, 3.05) is 6.54 Å². The third kappa shape index (κ3) is 7.52. The molecule has 0 bridgehead atoms. The molecule has 6 aliphatic rings. The summed E-state index contributed by atoms with van der Waals surface area (Å²) in [7, 11) is -4.06. The fourth-order valence-electron chi connectivity index (χ4n) is 9.67. The lowest BCUT2D eigenvalue weighted by atomic mass is 9.65. The monoisotopic (exact) mass is 855 g/mol. The van der Waals surface area contributed by atoms with E-state index in [0.717, 1.165) is 22.7 Å². The number of allylic oxidation sites excluding steroid dienone is 1. The molecule has 13 nitrogen and oxygen atoms in total. The van der Waals surface area contributed by atoms with Crippen LogP contribution in [0.25, 0.3) is 10.9 Å². The number of amides is 4. The molecule has 3 aliphatic heterocycles. The van der Waals surface area contributed by atoms with Gasteiger partial charge in [0.15, 0.2) is 0 Å². The summed E-state index contributed by atoms with van der Waals surface area (Å²) in [4.78, 5) is 63.0. The smallest absolute Gasteiger partial charge is 0.428 e. The number of ether oxygens (including phenoxy) is 2. The van der Waals surface area contributed by atoms with Gasteiger partial charge in [-0.05, 0) is 110 Å². The van der Waals surface area contributed by atoms with E-state index in [0.29, 0.717) is 69.2 Å². The van der Waals surface area contributed by atoms with Crippen LogP contribution in [0.3, 0.4) is 0 Å². The standard InChI is InChI=1S/C43H52F3N5O8S/c1-27-34-31(30-14-8-9-15-32(30)48-27)17-20-40(58-34)24-33-35(52)49-42(37(54)50-60(56,57)39(2)22-23-39)21-16-29(42)13-7-5-3-4-6-12-28(36(53)51(33)26-40)25-47-38(55)59-41(43(44,45)46)18-10-11-19-41/h7-9,13-15,25,29,33H,3-6,10-12,16-24,26H2,1-2H3,(H,47,55)(H,49,52)(H,50,54)/b13-7?,28-25+. The molecule has 2 aromatic rings. The first-order chi connectivity index (χ1) is 28.4. The van der Waals surface area contributed by atoms with Crippen molar-refractivity contribution in [3.8, 4) is 5.75 Å². The predicted molar refractivity (Wildman–Crippen MR) is 214 cm³/mol. The van der Waals surface area contributed by atoms with E-state index in [-0.39, 0.29) is 57.1 Å². The van der Waals surface area contributed by atoms with E-state index >= 15 is 0 Å². The van der Waals surface area contributed by atoms with E-state index in [4.69, 9.17) is 14.5 Å². The lowest BCUT2D eigenvalue weighted by molar-refractivity contribution is -0.255. The largest absolute Gasteiger partial charge is 0.483 e. The number of aryl methyl sites for hydroxylation is 2. The van der Waals surface area contributed by atoms with Crippen LogP contribution in [-0.4, -0.2) is 82.4 Å². The number of pyridine rings is 1. The van der Waals surface area contributed by atoms with Crippen LogP contribution in [0.2, 0.25) is 0 Å². The zero-order valence-corrected chi connectivity index (χ0v) is 34.7. The summed E-state index contributed by atoms with van der Waals surface area (Å²) in [5, 5.41) is 6.17. The van der Waals surface area contributed by atoms with Gasteiger partial charge in [-0.25, -0.2) is 18.2 Å². The third-order valence-electron chi connectivity index (χ3n) is 13.8. The van der Waals surface area contributed by atoms with Crippen LogP contribution in [0, 0.1) is 12.8 Å². The van der Waals surface area contributed by atoms with Crippen molar-refractivity contribution in [3.63, 3.8) is 0 Å². The van der Waals surface area contributed by atoms with Crippen molar-refractivity contribution in [3.05, 3.63) is 59.4 Å². The van der Waals surface area contributed by atoms with Gasteiger partial charge in [0.2, 0.25) is 21.5 Å². The Hall–Kier alpha value is -4.67. The lowest BCUT2D eigenvalue weighted by Crippen LogP contribution is -2.70. The lowest BCUT2D eigenvalue weighted by Gasteiger charge is -2.47. The van der Waals surface area contributed by atoms with Gasteiger partial charge in [-0.3, -0.25) is 24.4 Å². The Labute approximate surface area is 347 Å². The highest BCUT2D eigenvalue weighted by Gasteiger charge is 2.61. The first-order valence-corrected chi connectivity index (χ1v) is 22.6. The molecule has 60 heavy (non-hydrogen) atoms. The molecule has 1 saturated heterocycles. The molecule has 0 radical (unpaired) electrons. The van der Waals surface area contributed by atoms with E-state index in [1.165, 1.54) is 4.90 Å². The average molecular weight is 856 g/mol. The first-order valence-electron chi connectivity index (χ1n) is 21.1. The highest BCUT2D eigenvalue weighted by Crippen LogP contribution is 2.48. The molecule has 3 saturated carbocycles.